The number of carbonyl (C=O) groups is 1. The van der Waals surface area contributed by atoms with Crippen LogP contribution in [0.1, 0.15) is 27.0 Å². The third-order valence-electron chi connectivity index (χ3n) is 5.42. The summed E-state index contributed by atoms with van der Waals surface area (Å²) in [5.74, 6) is 1.78. The Morgan fingerprint density at radius 1 is 0.686 bits per heavy atom. The van der Waals surface area contributed by atoms with Crippen LogP contribution in [-0.2, 0) is 13.2 Å². The molecule has 0 unspecified atom stereocenters. The van der Waals surface area contributed by atoms with Crippen molar-refractivity contribution in [2.45, 2.75) is 13.2 Å². The maximum Gasteiger partial charge on any atom is 0.198 e. The van der Waals surface area contributed by atoms with E-state index in [0.717, 1.165) is 11.1 Å². The van der Waals surface area contributed by atoms with Crippen LogP contribution < -0.4 is 18.9 Å². The summed E-state index contributed by atoms with van der Waals surface area (Å²) in [5.41, 5.74) is 2.85. The van der Waals surface area contributed by atoms with Gasteiger partial charge in [-0.1, -0.05) is 60.7 Å². The standard InChI is InChI=1S/C29H25BrO5/c1-32-25-15-13-22(34-18-20-9-5-3-6-10-20)17-24(25)28(31)23-14-16-26(33-2)29(27(23)30)35-19-21-11-7-4-8-12-21/h3-17H,18-19H2,1-2H3. The quantitative estimate of drug-likeness (QED) is 0.209. The summed E-state index contributed by atoms with van der Waals surface area (Å²) in [4.78, 5) is 13.6. The van der Waals surface area contributed by atoms with Crippen molar-refractivity contribution in [3.8, 4) is 23.0 Å². The van der Waals surface area contributed by atoms with E-state index in [9.17, 15) is 4.79 Å². The Morgan fingerprint density at radius 3 is 1.86 bits per heavy atom. The number of benzene rings is 4. The van der Waals surface area contributed by atoms with E-state index in [1.165, 1.54) is 7.11 Å². The molecule has 0 N–H and O–H groups in total. The van der Waals surface area contributed by atoms with E-state index in [4.69, 9.17) is 18.9 Å². The van der Waals surface area contributed by atoms with Crippen LogP contribution >= 0.6 is 15.9 Å². The van der Waals surface area contributed by atoms with E-state index in [-0.39, 0.29) is 5.78 Å². The second-order valence-corrected chi connectivity index (χ2v) is 8.49. The van der Waals surface area contributed by atoms with Gasteiger partial charge in [0, 0.05) is 5.56 Å². The molecule has 0 aliphatic rings. The van der Waals surface area contributed by atoms with Crippen molar-refractivity contribution in [2.24, 2.45) is 0 Å². The summed E-state index contributed by atoms with van der Waals surface area (Å²) in [6.45, 7) is 0.726. The van der Waals surface area contributed by atoms with Gasteiger partial charge in [0.15, 0.2) is 17.3 Å². The molecular formula is C29H25BrO5. The Bertz CT molecular complexity index is 1290. The van der Waals surface area contributed by atoms with E-state index < -0.39 is 0 Å². The van der Waals surface area contributed by atoms with E-state index in [0.29, 0.717) is 51.8 Å². The van der Waals surface area contributed by atoms with Gasteiger partial charge in [-0.2, -0.15) is 0 Å². The molecule has 0 saturated carbocycles. The fourth-order valence-corrected chi connectivity index (χ4v) is 4.20. The molecule has 4 rings (SSSR count). The number of ketones is 1. The van der Waals surface area contributed by atoms with Crippen molar-refractivity contribution in [2.75, 3.05) is 14.2 Å². The molecule has 5 nitrogen and oxygen atoms in total. The lowest BCUT2D eigenvalue weighted by Gasteiger charge is -2.16. The first kappa shape index (κ1) is 24.4. The Labute approximate surface area is 213 Å². The molecule has 0 atom stereocenters. The zero-order chi connectivity index (χ0) is 24.6. The zero-order valence-electron chi connectivity index (χ0n) is 19.5. The monoisotopic (exact) mass is 532 g/mol. The van der Waals surface area contributed by atoms with Crippen molar-refractivity contribution in [3.05, 3.63) is 118 Å². The fourth-order valence-electron chi connectivity index (χ4n) is 3.58. The van der Waals surface area contributed by atoms with Crippen LogP contribution in [-0.4, -0.2) is 20.0 Å². The third-order valence-corrected chi connectivity index (χ3v) is 6.20. The predicted molar refractivity (Wildman–Crippen MR) is 139 cm³/mol. The molecule has 4 aromatic carbocycles. The average molecular weight is 533 g/mol. The summed E-state index contributed by atoms with van der Waals surface area (Å²) in [5, 5.41) is 0. The van der Waals surface area contributed by atoms with Crippen LogP contribution in [0.4, 0.5) is 0 Å². The Kier molecular flexibility index (Phi) is 8.06. The second kappa shape index (κ2) is 11.6. The van der Waals surface area contributed by atoms with E-state index in [1.54, 1.807) is 37.4 Å². The highest BCUT2D eigenvalue weighted by atomic mass is 79.9. The molecule has 0 saturated heterocycles. The SMILES string of the molecule is COc1ccc(OCc2ccccc2)cc1C(=O)c1ccc(OC)c(OCc2ccccc2)c1Br. The summed E-state index contributed by atoms with van der Waals surface area (Å²) < 4.78 is 23.5. The second-order valence-electron chi connectivity index (χ2n) is 7.70. The predicted octanol–water partition coefficient (Wildman–Crippen LogP) is 6.86. The zero-order valence-corrected chi connectivity index (χ0v) is 21.1. The summed E-state index contributed by atoms with van der Waals surface area (Å²) in [6.07, 6.45) is 0. The van der Waals surface area contributed by atoms with Gasteiger partial charge in [-0.25, -0.2) is 0 Å². The number of ether oxygens (including phenoxy) is 4. The molecule has 0 amide bonds. The number of methoxy groups -OCH3 is 2. The van der Waals surface area contributed by atoms with Gasteiger partial charge in [0.05, 0.1) is 24.3 Å². The number of hydrogen-bond acceptors (Lipinski definition) is 5. The Balaban J connectivity index is 1.62. The van der Waals surface area contributed by atoms with Crippen molar-refractivity contribution < 1.29 is 23.7 Å². The normalized spacial score (nSPS) is 10.5. The first-order valence-electron chi connectivity index (χ1n) is 11.0. The van der Waals surface area contributed by atoms with E-state index in [2.05, 4.69) is 15.9 Å². The highest BCUT2D eigenvalue weighted by Gasteiger charge is 2.23. The van der Waals surface area contributed by atoms with Gasteiger partial charge >= 0.3 is 0 Å². The van der Waals surface area contributed by atoms with Gasteiger partial charge in [0.1, 0.15) is 24.7 Å². The number of hydrogen-bond donors (Lipinski definition) is 0. The number of halogens is 1. The first-order valence-corrected chi connectivity index (χ1v) is 11.8. The summed E-state index contributed by atoms with van der Waals surface area (Å²) in [6, 6.07) is 28.3. The maximum atomic E-state index is 13.6. The van der Waals surface area contributed by atoms with Gasteiger partial charge < -0.3 is 18.9 Å². The van der Waals surface area contributed by atoms with Gasteiger partial charge in [0.2, 0.25) is 0 Å². The van der Waals surface area contributed by atoms with Crippen LogP contribution in [0.2, 0.25) is 0 Å². The molecule has 0 aliphatic heterocycles. The molecule has 178 valence electrons. The lowest BCUT2D eigenvalue weighted by atomic mass is 10.0. The van der Waals surface area contributed by atoms with Crippen LogP contribution in [0.3, 0.4) is 0 Å². The van der Waals surface area contributed by atoms with E-state index >= 15 is 0 Å². The molecule has 0 bridgehead atoms. The van der Waals surface area contributed by atoms with Crippen molar-refractivity contribution >= 4 is 21.7 Å². The summed E-state index contributed by atoms with van der Waals surface area (Å²) >= 11 is 3.57. The fraction of sp³-hybridized carbons (Fsp3) is 0.138. The highest BCUT2D eigenvalue weighted by Crippen LogP contribution is 2.40. The van der Waals surface area contributed by atoms with Crippen LogP contribution in [0.5, 0.6) is 23.0 Å². The van der Waals surface area contributed by atoms with Crippen LogP contribution in [0.25, 0.3) is 0 Å². The first-order chi connectivity index (χ1) is 17.1. The van der Waals surface area contributed by atoms with Gasteiger partial charge in [-0.3, -0.25) is 4.79 Å². The molecule has 0 aliphatic carbocycles. The molecule has 0 aromatic heterocycles. The molecule has 6 heteroatoms. The molecule has 35 heavy (non-hydrogen) atoms. The molecule has 0 spiro atoms. The molecule has 0 fully saturated rings. The lowest BCUT2D eigenvalue weighted by molar-refractivity contribution is 0.103. The molecule has 0 heterocycles. The maximum absolute atomic E-state index is 13.6. The Hall–Kier alpha value is -3.77. The summed E-state index contributed by atoms with van der Waals surface area (Å²) in [7, 11) is 3.10. The van der Waals surface area contributed by atoms with Gasteiger partial charge in [-0.05, 0) is 57.4 Å². The topological polar surface area (TPSA) is 54.0 Å². The lowest BCUT2D eigenvalue weighted by Crippen LogP contribution is -2.08. The number of carbonyl (C=O) groups excluding carboxylic acids is 1. The minimum absolute atomic E-state index is 0.230. The minimum atomic E-state index is -0.230. The number of rotatable bonds is 10. The van der Waals surface area contributed by atoms with Crippen LogP contribution in [0, 0.1) is 0 Å². The molecular weight excluding hydrogens is 508 g/mol. The smallest absolute Gasteiger partial charge is 0.198 e. The highest BCUT2D eigenvalue weighted by molar-refractivity contribution is 9.10. The van der Waals surface area contributed by atoms with Crippen LogP contribution in [0.15, 0.2) is 95.5 Å². The van der Waals surface area contributed by atoms with Crippen molar-refractivity contribution in [1.29, 1.82) is 0 Å². The van der Waals surface area contributed by atoms with Crippen molar-refractivity contribution in [3.63, 3.8) is 0 Å². The van der Waals surface area contributed by atoms with Gasteiger partial charge in [-0.15, -0.1) is 0 Å². The average Bonchev–Trinajstić information content (AvgIpc) is 2.91. The van der Waals surface area contributed by atoms with Gasteiger partial charge in [0.25, 0.3) is 0 Å². The van der Waals surface area contributed by atoms with E-state index in [1.807, 2.05) is 60.7 Å². The molecule has 0 radical (unpaired) electrons. The largest absolute Gasteiger partial charge is 0.496 e. The Morgan fingerprint density at radius 2 is 1.26 bits per heavy atom. The third kappa shape index (κ3) is 5.84. The minimum Gasteiger partial charge on any atom is -0.496 e. The van der Waals surface area contributed by atoms with Crippen molar-refractivity contribution in [1.82, 2.24) is 0 Å². The molecule has 4 aromatic rings.